The van der Waals surface area contributed by atoms with E-state index >= 15 is 0 Å². The summed E-state index contributed by atoms with van der Waals surface area (Å²) in [7, 11) is -4.58. The van der Waals surface area contributed by atoms with Crippen molar-refractivity contribution in [2.45, 2.75) is 12.3 Å². The Balaban J connectivity index is 2.60. The van der Waals surface area contributed by atoms with E-state index in [0.717, 1.165) is 16.7 Å². The van der Waals surface area contributed by atoms with Crippen molar-refractivity contribution >= 4 is 7.82 Å². The van der Waals surface area contributed by atoms with Crippen molar-refractivity contribution in [3.63, 3.8) is 0 Å². The molecule has 0 radical (unpaired) electrons. The first-order chi connectivity index (χ1) is 10.4. The van der Waals surface area contributed by atoms with Gasteiger partial charge < -0.3 is 9.79 Å². The molecule has 0 saturated heterocycles. The molecule has 2 N–H and O–H groups in total. The zero-order valence-corrected chi connectivity index (χ0v) is 13.2. The van der Waals surface area contributed by atoms with Crippen LogP contribution in [0.1, 0.15) is 18.1 Å². The highest BCUT2D eigenvalue weighted by Gasteiger charge is 2.37. The van der Waals surface area contributed by atoms with Crippen LogP contribution in [-0.4, -0.2) is 16.4 Å². The van der Waals surface area contributed by atoms with Gasteiger partial charge in [-0.15, -0.1) is 0 Å². The Bertz CT molecular complexity index is 637. The Kier molecular flexibility index (Phi) is 4.99. The molecule has 116 valence electrons. The van der Waals surface area contributed by atoms with Gasteiger partial charge in [0.1, 0.15) is 0 Å². The molecular formula is C17H19O4P. The maximum absolute atomic E-state index is 11.2. The first-order valence-corrected chi connectivity index (χ1v) is 8.36. The Morgan fingerprint density at radius 1 is 1.05 bits per heavy atom. The molecular weight excluding hydrogens is 299 g/mol. The van der Waals surface area contributed by atoms with Crippen molar-refractivity contribution in [2.75, 3.05) is 6.61 Å². The smallest absolute Gasteiger partial charge is 0.303 e. The van der Waals surface area contributed by atoms with Crippen molar-refractivity contribution in [2.24, 2.45) is 0 Å². The van der Waals surface area contributed by atoms with Crippen molar-refractivity contribution < 1.29 is 18.9 Å². The minimum absolute atomic E-state index is 0.180. The largest absolute Gasteiger partial charge is 0.469 e. The highest BCUT2D eigenvalue weighted by molar-refractivity contribution is 7.46. The van der Waals surface area contributed by atoms with E-state index in [9.17, 15) is 4.57 Å². The molecule has 2 aromatic carbocycles. The third-order valence-electron chi connectivity index (χ3n) is 3.71. The predicted molar refractivity (Wildman–Crippen MR) is 86.5 cm³/mol. The number of rotatable bonds is 6. The molecule has 0 heterocycles. The lowest BCUT2D eigenvalue weighted by atomic mass is 9.70. The van der Waals surface area contributed by atoms with Crippen LogP contribution in [0.5, 0.6) is 0 Å². The SMILES string of the molecule is C=C(C)C(COP(=O)(O)O)(c1ccccc1)c1ccccc1. The molecule has 0 aliphatic heterocycles. The monoisotopic (exact) mass is 318 g/mol. The van der Waals surface area contributed by atoms with Crippen LogP contribution in [0.15, 0.2) is 72.8 Å². The van der Waals surface area contributed by atoms with E-state index < -0.39 is 13.2 Å². The molecule has 0 saturated carbocycles. The molecule has 0 aliphatic carbocycles. The van der Waals surface area contributed by atoms with Crippen LogP contribution in [0.25, 0.3) is 0 Å². The first-order valence-electron chi connectivity index (χ1n) is 6.83. The van der Waals surface area contributed by atoms with Gasteiger partial charge in [-0.1, -0.05) is 72.8 Å². The topological polar surface area (TPSA) is 66.8 Å². The van der Waals surface area contributed by atoms with E-state index in [4.69, 9.17) is 14.3 Å². The van der Waals surface area contributed by atoms with Crippen LogP contribution < -0.4 is 0 Å². The Morgan fingerprint density at radius 2 is 1.45 bits per heavy atom. The third-order valence-corrected chi connectivity index (χ3v) is 4.18. The fourth-order valence-electron chi connectivity index (χ4n) is 2.58. The van der Waals surface area contributed by atoms with Crippen LogP contribution >= 0.6 is 7.82 Å². The van der Waals surface area contributed by atoms with Gasteiger partial charge in [-0.2, -0.15) is 0 Å². The van der Waals surface area contributed by atoms with Crippen molar-refractivity contribution in [1.29, 1.82) is 0 Å². The average Bonchev–Trinajstić information content (AvgIpc) is 2.49. The molecule has 0 aromatic heterocycles. The standard InChI is InChI=1S/C17H19O4P/c1-14(2)17(13-21-22(18,19)20,15-9-5-3-6-10-15)16-11-7-4-8-12-16/h3-12H,1,13H2,2H3,(H2,18,19,20). The molecule has 0 fully saturated rings. The summed E-state index contributed by atoms with van der Waals surface area (Å²) in [5.41, 5.74) is 1.69. The van der Waals surface area contributed by atoms with Gasteiger partial charge in [-0.25, -0.2) is 4.57 Å². The molecule has 5 heteroatoms. The van der Waals surface area contributed by atoms with Gasteiger partial charge in [0.05, 0.1) is 12.0 Å². The minimum Gasteiger partial charge on any atom is -0.303 e. The van der Waals surface area contributed by atoms with E-state index in [1.807, 2.05) is 67.6 Å². The lowest BCUT2D eigenvalue weighted by Crippen LogP contribution is -2.34. The van der Waals surface area contributed by atoms with Gasteiger partial charge in [0.25, 0.3) is 0 Å². The zero-order chi connectivity index (χ0) is 16.2. The van der Waals surface area contributed by atoms with E-state index in [1.54, 1.807) is 0 Å². The number of benzene rings is 2. The Hall–Kier alpha value is -1.71. The third kappa shape index (κ3) is 3.54. The molecule has 0 amide bonds. The summed E-state index contributed by atoms with van der Waals surface area (Å²) in [6.07, 6.45) is 0. The molecule has 2 rings (SSSR count). The molecule has 0 bridgehead atoms. The predicted octanol–water partition coefficient (Wildman–Crippen LogP) is 3.66. The fourth-order valence-corrected chi connectivity index (χ4v) is 2.94. The molecule has 22 heavy (non-hydrogen) atoms. The van der Waals surface area contributed by atoms with Crippen molar-refractivity contribution in [3.8, 4) is 0 Å². The summed E-state index contributed by atoms with van der Waals surface area (Å²) < 4.78 is 16.1. The summed E-state index contributed by atoms with van der Waals surface area (Å²) in [4.78, 5) is 18.2. The van der Waals surface area contributed by atoms with Crippen molar-refractivity contribution in [3.05, 3.63) is 83.9 Å². The van der Waals surface area contributed by atoms with Gasteiger partial charge >= 0.3 is 7.82 Å². The minimum atomic E-state index is -4.58. The fraction of sp³-hybridized carbons (Fsp3) is 0.176. The number of phosphoric ester groups is 1. The molecule has 4 nitrogen and oxygen atoms in total. The summed E-state index contributed by atoms with van der Waals surface area (Å²) in [5.74, 6) is 0. The van der Waals surface area contributed by atoms with Crippen molar-refractivity contribution in [1.82, 2.24) is 0 Å². The van der Waals surface area contributed by atoms with Gasteiger partial charge in [0.2, 0.25) is 0 Å². The maximum atomic E-state index is 11.2. The maximum Gasteiger partial charge on any atom is 0.469 e. The molecule has 0 atom stereocenters. The second kappa shape index (κ2) is 6.59. The van der Waals surface area contributed by atoms with E-state index in [0.29, 0.717) is 0 Å². The van der Waals surface area contributed by atoms with Crippen LogP contribution in [-0.2, 0) is 14.5 Å². The molecule has 2 aromatic rings. The quantitative estimate of drug-likeness (QED) is 0.630. The van der Waals surface area contributed by atoms with Gasteiger partial charge in [-0.3, -0.25) is 4.52 Å². The van der Waals surface area contributed by atoms with Gasteiger partial charge in [0.15, 0.2) is 0 Å². The lowest BCUT2D eigenvalue weighted by Gasteiger charge is -2.35. The lowest BCUT2D eigenvalue weighted by molar-refractivity contribution is 0.174. The number of hydrogen-bond acceptors (Lipinski definition) is 2. The van der Waals surface area contributed by atoms with Crippen LogP contribution in [0.2, 0.25) is 0 Å². The Morgan fingerprint density at radius 3 is 1.77 bits per heavy atom. The normalized spacial score (nSPS) is 12.1. The summed E-state index contributed by atoms with van der Waals surface area (Å²) >= 11 is 0. The van der Waals surface area contributed by atoms with E-state index in [-0.39, 0.29) is 6.61 Å². The number of phosphoric acid groups is 1. The molecule has 0 spiro atoms. The average molecular weight is 318 g/mol. The number of hydrogen-bond donors (Lipinski definition) is 2. The summed E-state index contributed by atoms with van der Waals surface area (Å²) in [5, 5.41) is 0. The van der Waals surface area contributed by atoms with Crippen LogP contribution in [0.3, 0.4) is 0 Å². The second-order valence-electron chi connectivity index (χ2n) is 5.18. The van der Waals surface area contributed by atoms with Crippen LogP contribution in [0.4, 0.5) is 0 Å². The first kappa shape index (κ1) is 16.7. The van der Waals surface area contributed by atoms with E-state index in [2.05, 4.69) is 6.58 Å². The summed E-state index contributed by atoms with van der Waals surface area (Å²) in [6.45, 7) is 5.70. The van der Waals surface area contributed by atoms with Gasteiger partial charge in [-0.05, 0) is 18.1 Å². The summed E-state index contributed by atoms with van der Waals surface area (Å²) in [6, 6.07) is 18.9. The molecule has 0 unspecified atom stereocenters. The highest BCUT2D eigenvalue weighted by atomic mass is 31.2. The highest BCUT2D eigenvalue weighted by Crippen LogP contribution is 2.44. The molecule has 0 aliphatic rings. The second-order valence-corrected chi connectivity index (χ2v) is 6.42. The van der Waals surface area contributed by atoms with E-state index in [1.165, 1.54) is 0 Å². The Labute approximate surface area is 130 Å². The van der Waals surface area contributed by atoms with Crippen LogP contribution in [0, 0.1) is 0 Å². The zero-order valence-electron chi connectivity index (χ0n) is 12.3. The van der Waals surface area contributed by atoms with Gasteiger partial charge in [0, 0.05) is 0 Å².